The highest BCUT2D eigenvalue weighted by atomic mass is 16.5. The third-order valence-corrected chi connectivity index (χ3v) is 7.22. The summed E-state index contributed by atoms with van der Waals surface area (Å²) in [6.07, 6.45) is 6.68. The van der Waals surface area contributed by atoms with Crippen LogP contribution in [0.5, 0.6) is 5.75 Å². The number of amides is 1. The van der Waals surface area contributed by atoms with Crippen LogP contribution in [0.2, 0.25) is 0 Å². The minimum absolute atomic E-state index is 0.184. The minimum Gasteiger partial charge on any atom is -0.497 e. The number of hydrogen-bond acceptors (Lipinski definition) is 4. The van der Waals surface area contributed by atoms with Crippen LogP contribution in [0.3, 0.4) is 0 Å². The van der Waals surface area contributed by atoms with Crippen LogP contribution in [-0.4, -0.2) is 50.5 Å². The summed E-state index contributed by atoms with van der Waals surface area (Å²) in [6.45, 7) is 1.47. The summed E-state index contributed by atoms with van der Waals surface area (Å²) in [6, 6.07) is 20.5. The number of para-hydroxylation sites is 1. The van der Waals surface area contributed by atoms with Crippen LogP contribution in [-0.2, 0) is 17.6 Å². The van der Waals surface area contributed by atoms with E-state index in [1.54, 1.807) is 7.11 Å². The van der Waals surface area contributed by atoms with Crippen LogP contribution in [0.1, 0.15) is 35.8 Å². The lowest BCUT2D eigenvalue weighted by molar-refractivity contribution is -0.131. The Morgan fingerprint density at radius 2 is 1.94 bits per heavy atom. The summed E-state index contributed by atoms with van der Waals surface area (Å²) in [5.74, 6) is 2.03. The summed E-state index contributed by atoms with van der Waals surface area (Å²) in [5, 5.41) is 1.12. The number of pyridine rings is 1. The molecule has 1 saturated heterocycles. The lowest BCUT2D eigenvalue weighted by atomic mass is 10.0. The van der Waals surface area contributed by atoms with Crippen molar-refractivity contribution in [3.8, 4) is 5.75 Å². The summed E-state index contributed by atoms with van der Waals surface area (Å²) >= 11 is 0. The van der Waals surface area contributed by atoms with E-state index in [4.69, 9.17) is 9.72 Å². The highest BCUT2D eigenvalue weighted by Crippen LogP contribution is 2.30. The third-order valence-electron chi connectivity index (χ3n) is 7.22. The van der Waals surface area contributed by atoms with E-state index in [2.05, 4.69) is 32.7 Å². The number of piperidine rings is 1. The topological polar surface area (TPSA) is 76.0 Å². The zero-order valence-corrected chi connectivity index (χ0v) is 20.4. The Bertz CT molecular complexity index is 1530. The van der Waals surface area contributed by atoms with Crippen LogP contribution in [0.4, 0.5) is 0 Å². The lowest BCUT2D eigenvalue weighted by Crippen LogP contribution is -2.40. The van der Waals surface area contributed by atoms with E-state index >= 15 is 0 Å². The summed E-state index contributed by atoms with van der Waals surface area (Å²) in [7, 11) is 1.69. The molecule has 1 aliphatic heterocycles. The number of aromatic amines is 1. The molecule has 5 aromatic rings. The largest absolute Gasteiger partial charge is 0.497 e. The summed E-state index contributed by atoms with van der Waals surface area (Å²) in [4.78, 5) is 28.1. The average Bonchev–Trinajstić information content (AvgIpc) is 3.50. The van der Waals surface area contributed by atoms with E-state index in [0.717, 1.165) is 70.7 Å². The van der Waals surface area contributed by atoms with Crippen LogP contribution in [0.15, 0.2) is 73.1 Å². The van der Waals surface area contributed by atoms with Gasteiger partial charge in [0.1, 0.15) is 17.1 Å². The van der Waals surface area contributed by atoms with Crippen LogP contribution >= 0.6 is 0 Å². The van der Waals surface area contributed by atoms with Gasteiger partial charge in [-0.2, -0.15) is 0 Å². The van der Waals surface area contributed by atoms with Crippen molar-refractivity contribution in [1.82, 2.24) is 24.4 Å². The Morgan fingerprint density at radius 3 is 2.81 bits per heavy atom. The highest BCUT2D eigenvalue weighted by molar-refractivity contribution is 5.89. The van der Waals surface area contributed by atoms with Crippen molar-refractivity contribution >= 4 is 28.0 Å². The Morgan fingerprint density at radius 1 is 1.08 bits per heavy atom. The Labute approximate surface area is 209 Å². The minimum atomic E-state index is 0.184. The van der Waals surface area contributed by atoms with Crippen molar-refractivity contribution in [1.29, 1.82) is 0 Å². The zero-order valence-electron chi connectivity index (χ0n) is 20.4. The van der Waals surface area contributed by atoms with Gasteiger partial charge in [-0.25, -0.2) is 9.97 Å². The molecule has 7 nitrogen and oxygen atoms in total. The number of imidazole rings is 1. The van der Waals surface area contributed by atoms with Gasteiger partial charge in [0, 0.05) is 48.8 Å². The number of fused-ring (bicyclic) bond motifs is 2. The molecule has 2 aromatic carbocycles. The first-order valence-electron chi connectivity index (χ1n) is 12.5. The number of H-pyrrole nitrogens is 1. The normalized spacial score (nSPS) is 14.5. The standard InChI is InChI=1S/C29H29N5O2/c1-36-23-7-4-6-20(16-23)17-27-32-26-10-5-13-30-29(26)34(27)22-11-14-33(15-12-22)28(35)18-21-19-31-25-9-3-2-8-24(21)25/h2-10,13,16,19,22,31H,11-12,14-15,17-18H2,1H3. The second-order valence-corrected chi connectivity index (χ2v) is 9.42. The lowest BCUT2D eigenvalue weighted by Gasteiger charge is -2.33. The summed E-state index contributed by atoms with van der Waals surface area (Å²) < 4.78 is 7.72. The first-order valence-corrected chi connectivity index (χ1v) is 12.5. The highest BCUT2D eigenvalue weighted by Gasteiger charge is 2.27. The van der Waals surface area contributed by atoms with E-state index in [0.29, 0.717) is 12.8 Å². The molecule has 1 amide bonds. The molecular formula is C29H29N5O2. The van der Waals surface area contributed by atoms with E-state index in [-0.39, 0.29) is 11.9 Å². The molecule has 1 aliphatic rings. The second kappa shape index (κ2) is 9.49. The van der Waals surface area contributed by atoms with E-state index < -0.39 is 0 Å². The quantitative estimate of drug-likeness (QED) is 0.375. The number of hydrogen-bond donors (Lipinski definition) is 1. The van der Waals surface area contributed by atoms with Crippen molar-refractivity contribution in [2.45, 2.75) is 31.7 Å². The average molecular weight is 480 g/mol. The molecule has 1 N–H and O–H groups in total. The van der Waals surface area contributed by atoms with Crippen LogP contribution in [0.25, 0.3) is 22.1 Å². The maximum Gasteiger partial charge on any atom is 0.227 e. The molecule has 0 atom stereocenters. The number of benzene rings is 2. The maximum absolute atomic E-state index is 13.2. The van der Waals surface area contributed by atoms with Gasteiger partial charge in [0.25, 0.3) is 0 Å². The third kappa shape index (κ3) is 4.21. The number of aromatic nitrogens is 4. The molecule has 3 aromatic heterocycles. The Kier molecular flexibility index (Phi) is 5.89. The van der Waals surface area contributed by atoms with Crippen LogP contribution < -0.4 is 4.74 Å². The van der Waals surface area contributed by atoms with Crippen molar-refractivity contribution < 1.29 is 9.53 Å². The van der Waals surface area contributed by atoms with Crippen LogP contribution in [0, 0.1) is 0 Å². The van der Waals surface area contributed by atoms with Crippen molar-refractivity contribution in [2.75, 3.05) is 20.2 Å². The molecule has 0 spiro atoms. The fraction of sp³-hybridized carbons (Fsp3) is 0.276. The van der Waals surface area contributed by atoms with Gasteiger partial charge < -0.3 is 19.2 Å². The molecule has 4 heterocycles. The Hall–Kier alpha value is -4.13. The van der Waals surface area contributed by atoms with Gasteiger partial charge in [-0.1, -0.05) is 30.3 Å². The predicted octanol–water partition coefficient (Wildman–Crippen LogP) is 4.92. The maximum atomic E-state index is 13.2. The van der Waals surface area contributed by atoms with Gasteiger partial charge in [0.15, 0.2) is 5.65 Å². The second-order valence-electron chi connectivity index (χ2n) is 9.42. The first kappa shape index (κ1) is 22.3. The summed E-state index contributed by atoms with van der Waals surface area (Å²) in [5.41, 5.74) is 5.11. The molecule has 7 heteroatoms. The number of nitrogens with zero attached hydrogens (tertiary/aromatic N) is 4. The zero-order chi connectivity index (χ0) is 24.5. The van der Waals surface area contributed by atoms with Crippen molar-refractivity contribution in [2.24, 2.45) is 0 Å². The molecule has 6 rings (SSSR count). The van der Waals surface area contributed by atoms with E-state index in [1.165, 1.54) is 0 Å². The van der Waals surface area contributed by atoms with E-state index in [1.807, 2.05) is 59.8 Å². The van der Waals surface area contributed by atoms with E-state index in [9.17, 15) is 4.79 Å². The number of ether oxygens (including phenoxy) is 1. The van der Waals surface area contributed by atoms with Gasteiger partial charge in [-0.05, 0) is 54.3 Å². The molecular weight excluding hydrogens is 450 g/mol. The number of rotatable bonds is 6. The first-order chi connectivity index (χ1) is 17.7. The molecule has 0 bridgehead atoms. The van der Waals surface area contributed by atoms with Gasteiger partial charge in [-0.15, -0.1) is 0 Å². The van der Waals surface area contributed by atoms with Crippen molar-refractivity contribution in [3.63, 3.8) is 0 Å². The van der Waals surface area contributed by atoms with Gasteiger partial charge >= 0.3 is 0 Å². The SMILES string of the molecule is COc1cccc(Cc2nc3cccnc3n2C2CCN(C(=O)Cc3c[nH]c4ccccc34)CC2)c1. The fourth-order valence-electron chi connectivity index (χ4n) is 5.38. The number of nitrogens with one attached hydrogen (secondary N) is 1. The number of carbonyl (C=O) groups is 1. The molecule has 182 valence electrons. The van der Waals surface area contributed by atoms with Gasteiger partial charge in [0.05, 0.1) is 13.5 Å². The monoisotopic (exact) mass is 479 g/mol. The van der Waals surface area contributed by atoms with Gasteiger partial charge in [0.2, 0.25) is 5.91 Å². The molecule has 0 radical (unpaired) electrons. The molecule has 36 heavy (non-hydrogen) atoms. The molecule has 0 saturated carbocycles. The predicted molar refractivity (Wildman–Crippen MR) is 140 cm³/mol. The number of carbonyl (C=O) groups excluding carboxylic acids is 1. The fourth-order valence-corrected chi connectivity index (χ4v) is 5.38. The number of methoxy groups -OCH3 is 1. The molecule has 0 unspecified atom stereocenters. The van der Waals surface area contributed by atoms with Crippen molar-refractivity contribution in [3.05, 3.63) is 90.0 Å². The molecule has 0 aliphatic carbocycles. The van der Waals surface area contributed by atoms with Gasteiger partial charge in [-0.3, -0.25) is 4.79 Å². The number of likely N-dealkylation sites (tertiary alicyclic amines) is 1. The smallest absolute Gasteiger partial charge is 0.227 e. The molecule has 1 fully saturated rings. The Balaban J connectivity index is 1.20.